The maximum absolute atomic E-state index is 12.0. The molecule has 19 heavy (non-hydrogen) atoms. The molecule has 1 rings (SSSR count). The van der Waals surface area contributed by atoms with Crippen molar-refractivity contribution >= 4 is 10.0 Å². The van der Waals surface area contributed by atoms with Crippen LogP contribution in [0, 0.1) is 0 Å². The van der Waals surface area contributed by atoms with Crippen molar-refractivity contribution in [2.45, 2.75) is 26.5 Å². The molecule has 1 aromatic rings. The molecule has 0 unspecified atom stereocenters. The third-order valence-corrected chi connectivity index (χ3v) is 4.37. The van der Waals surface area contributed by atoms with E-state index in [2.05, 4.69) is 0 Å². The lowest BCUT2D eigenvalue weighted by molar-refractivity contribution is 0.0907. The lowest BCUT2D eigenvalue weighted by atomic mass is 10.2. The number of hydrogen-bond donors (Lipinski definition) is 1. The van der Waals surface area contributed by atoms with Crippen molar-refractivity contribution in [1.82, 2.24) is 4.31 Å². The van der Waals surface area contributed by atoms with Crippen LogP contribution in [0.4, 0.5) is 0 Å². The van der Waals surface area contributed by atoms with E-state index in [1.54, 1.807) is 12.1 Å². The maximum Gasteiger partial charge on any atom is 0.216 e. The van der Waals surface area contributed by atoms with E-state index in [0.29, 0.717) is 0 Å². The summed E-state index contributed by atoms with van der Waals surface area (Å²) >= 11 is 0. The van der Waals surface area contributed by atoms with Crippen LogP contribution in [-0.2, 0) is 21.3 Å². The van der Waals surface area contributed by atoms with Crippen molar-refractivity contribution in [3.8, 4) is 5.75 Å². The minimum absolute atomic E-state index is 0.0256. The third-order valence-electron chi connectivity index (χ3n) is 2.61. The molecule has 0 aliphatic rings. The number of nitrogens with zero attached hydrogens (tertiary/aromatic N) is 1. The molecule has 0 spiro atoms. The summed E-state index contributed by atoms with van der Waals surface area (Å²) in [6.07, 6.45) is 0.0256. The van der Waals surface area contributed by atoms with E-state index >= 15 is 0 Å². The van der Waals surface area contributed by atoms with Crippen LogP contribution in [0.2, 0.25) is 0 Å². The quantitative estimate of drug-likeness (QED) is 0.827. The van der Waals surface area contributed by atoms with Gasteiger partial charge in [0, 0.05) is 13.6 Å². The number of sulfonamides is 1. The molecular formula is C13H21NO4S. The topological polar surface area (TPSA) is 66.8 Å². The van der Waals surface area contributed by atoms with Crippen LogP contribution >= 0.6 is 0 Å². The monoisotopic (exact) mass is 287 g/mol. The average Bonchev–Trinajstić information content (AvgIpc) is 2.31. The van der Waals surface area contributed by atoms with Crippen LogP contribution < -0.4 is 0 Å². The SMILES string of the molecule is CC(C)OCCS(=O)(=O)N(C)Cc1ccc(O)cc1. The Kier molecular flexibility index (Phi) is 5.78. The fourth-order valence-corrected chi connectivity index (χ4v) is 2.47. The van der Waals surface area contributed by atoms with Gasteiger partial charge in [0.2, 0.25) is 10.0 Å². The molecule has 0 heterocycles. The molecule has 1 N–H and O–H groups in total. The van der Waals surface area contributed by atoms with Crippen molar-refractivity contribution in [3.05, 3.63) is 29.8 Å². The molecule has 0 atom stereocenters. The van der Waals surface area contributed by atoms with Crippen LogP contribution in [0.3, 0.4) is 0 Å². The lowest BCUT2D eigenvalue weighted by Crippen LogP contribution is -2.31. The number of benzene rings is 1. The Labute approximate surface area is 114 Å². The molecule has 0 radical (unpaired) electrons. The summed E-state index contributed by atoms with van der Waals surface area (Å²) in [5.74, 6) is 0.138. The zero-order chi connectivity index (χ0) is 14.5. The number of aromatic hydroxyl groups is 1. The minimum atomic E-state index is -3.32. The molecule has 0 bridgehead atoms. The zero-order valence-electron chi connectivity index (χ0n) is 11.5. The Morgan fingerprint density at radius 1 is 1.26 bits per heavy atom. The number of phenols is 1. The van der Waals surface area contributed by atoms with Crippen LogP contribution in [0.25, 0.3) is 0 Å². The fourth-order valence-electron chi connectivity index (χ4n) is 1.50. The summed E-state index contributed by atoms with van der Waals surface area (Å²) in [6, 6.07) is 6.48. The number of phenolic OH excluding ortho intramolecular Hbond substituents is 1. The highest BCUT2D eigenvalue weighted by atomic mass is 32.2. The van der Waals surface area contributed by atoms with Gasteiger partial charge in [-0.15, -0.1) is 0 Å². The van der Waals surface area contributed by atoms with Crippen LogP contribution in [-0.4, -0.2) is 43.3 Å². The summed E-state index contributed by atoms with van der Waals surface area (Å²) in [5, 5.41) is 9.17. The summed E-state index contributed by atoms with van der Waals surface area (Å²) in [7, 11) is -1.78. The van der Waals surface area contributed by atoms with E-state index < -0.39 is 10.0 Å². The molecule has 0 amide bonds. The van der Waals surface area contributed by atoms with Gasteiger partial charge in [-0.1, -0.05) is 12.1 Å². The van der Waals surface area contributed by atoms with E-state index in [9.17, 15) is 13.5 Å². The van der Waals surface area contributed by atoms with Crippen LogP contribution in [0.1, 0.15) is 19.4 Å². The molecule has 0 aliphatic carbocycles. The number of ether oxygens (including phenoxy) is 1. The molecule has 108 valence electrons. The van der Waals surface area contributed by atoms with Crippen molar-refractivity contribution in [2.75, 3.05) is 19.4 Å². The van der Waals surface area contributed by atoms with Crippen LogP contribution in [0.5, 0.6) is 5.75 Å². The predicted molar refractivity (Wildman–Crippen MR) is 74.4 cm³/mol. The smallest absolute Gasteiger partial charge is 0.216 e. The van der Waals surface area contributed by atoms with Crippen molar-refractivity contribution in [1.29, 1.82) is 0 Å². The van der Waals surface area contributed by atoms with Crippen molar-refractivity contribution in [3.63, 3.8) is 0 Å². The van der Waals surface area contributed by atoms with Gasteiger partial charge in [-0.2, -0.15) is 0 Å². The van der Waals surface area contributed by atoms with Gasteiger partial charge in [0.15, 0.2) is 0 Å². The van der Waals surface area contributed by atoms with Gasteiger partial charge in [0.25, 0.3) is 0 Å². The first-order valence-electron chi connectivity index (χ1n) is 6.15. The molecular weight excluding hydrogens is 266 g/mol. The second-order valence-corrected chi connectivity index (χ2v) is 6.85. The summed E-state index contributed by atoms with van der Waals surface area (Å²) < 4.78 is 30.5. The van der Waals surface area contributed by atoms with Crippen molar-refractivity contribution in [2.24, 2.45) is 0 Å². The van der Waals surface area contributed by atoms with Gasteiger partial charge in [-0.25, -0.2) is 12.7 Å². The highest BCUT2D eigenvalue weighted by molar-refractivity contribution is 7.89. The third kappa shape index (κ3) is 5.59. The number of rotatable bonds is 7. The van der Waals surface area contributed by atoms with Gasteiger partial charge in [-0.05, 0) is 31.5 Å². The normalized spacial score (nSPS) is 12.3. The van der Waals surface area contributed by atoms with Crippen LogP contribution in [0.15, 0.2) is 24.3 Å². The fraction of sp³-hybridized carbons (Fsp3) is 0.538. The van der Waals surface area contributed by atoms with E-state index in [1.165, 1.54) is 23.5 Å². The standard InChI is InChI=1S/C13H21NO4S/c1-11(2)18-8-9-19(16,17)14(3)10-12-4-6-13(15)7-5-12/h4-7,11,15H,8-10H2,1-3H3. The molecule has 0 saturated heterocycles. The first-order valence-corrected chi connectivity index (χ1v) is 7.75. The Morgan fingerprint density at radius 3 is 2.37 bits per heavy atom. The van der Waals surface area contributed by atoms with E-state index in [0.717, 1.165) is 5.56 Å². The minimum Gasteiger partial charge on any atom is -0.508 e. The highest BCUT2D eigenvalue weighted by Gasteiger charge is 2.18. The molecule has 0 aromatic heterocycles. The van der Waals surface area contributed by atoms with Gasteiger partial charge < -0.3 is 9.84 Å². The van der Waals surface area contributed by atoms with E-state index in [1.807, 2.05) is 13.8 Å². The molecule has 5 nitrogen and oxygen atoms in total. The lowest BCUT2D eigenvalue weighted by Gasteiger charge is -2.17. The summed E-state index contributed by atoms with van der Waals surface area (Å²) in [4.78, 5) is 0. The largest absolute Gasteiger partial charge is 0.508 e. The zero-order valence-corrected chi connectivity index (χ0v) is 12.4. The Morgan fingerprint density at radius 2 is 1.84 bits per heavy atom. The summed E-state index contributed by atoms with van der Waals surface area (Å²) in [5.41, 5.74) is 0.827. The maximum atomic E-state index is 12.0. The van der Waals surface area contributed by atoms with Crippen molar-refractivity contribution < 1.29 is 18.3 Å². The molecule has 0 aliphatic heterocycles. The van der Waals surface area contributed by atoms with Gasteiger partial charge in [0.1, 0.15) is 5.75 Å². The van der Waals surface area contributed by atoms with Gasteiger partial charge in [0.05, 0.1) is 18.5 Å². The summed E-state index contributed by atoms with van der Waals surface area (Å²) in [6.45, 7) is 4.21. The molecule has 6 heteroatoms. The highest BCUT2D eigenvalue weighted by Crippen LogP contribution is 2.12. The van der Waals surface area contributed by atoms with Gasteiger partial charge >= 0.3 is 0 Å². The first-order chi connectivity index (χ1) is 8.81. The Bertz CT molecular complexity index is 482. The second kappa shape index (κ2) is 6.88. The van der Waals surface area contributed by atoms with E-state index in [4.69, 9.17) is 4.74 Å². The average molecular weight is 287 g/mol. The molecule has 0 fully saturated rings. The second-order valence-electron chi connectivity index (χ2n) is 4.66. The first kappa shape index (κ1) is 15.9. The van der Waals surface area contributed by atoms with E-state index in [-0.39, 0.29) is 30.8 Å². The Balaban J connectivity index is 2.55. The van der Waals surface area contributed by atoms with Gasteiger partial charge in [-0.3, -0.25) is 0 Å². The Hall–Kier alpha value is -1.11. The molecule has 1 aromatic carbocycles. The molecule has 0 saturated carbocycles. The predicted octanol–water partition coefficient (Wildman–Crippen LogP) is 1.58. The number of hydrogen-bond acceptors (Lipinski definition) is 4.